The molecular formula is C78H68N18O11S7. The van der Waals surface area contributed by atoms with E-state index >= 15 is 0 Å². The van der Waals surface area contributed by atoms with E-state index in [0.717, 1.165) is 95.3 Å². The van der Waals surface area contributed by atoms with Gasteiger partial charge in [0.05, 0.1) is 69.6 Å². The summed E-state index contributed by atoms with van der Waals surface area (Å²) in [6.07, 6.45) is 9.68. The van der Waals surface area contributed by atoms with Gasteiger partial charge in [0.15, 0.2) is 25.6 Å². The van der Waals surface area contributed by atoms with Crippen molar-refractivity contribution in [3.63, 3.8) is 0 Å². The molecule has 5 aromatic carbocycles. The summed E-state index contributed by atoms with van der Waals surface area (Å²) >= 11 is 7.12. The molecule has 0 fully saturated rings. The normalized spacial score (nSPS) is 11.1. The first-order valence-corrected chi connectivity index (χ1v) is 41.6. The number of nitrogens with zero attached hydrogens (tertiary/aromatic N) is 6. The molecular weight excluding hydrogens is 1590 g/mol. The Morgan fingerprint density at radius 1 is 0.368 bits per heavy atom. The highest BCUT2D eigenvalue weighted by molar-refractivity contribution is 7.90. The maximum absolute atomic E-state index is 11.6. The maximum atomic E-state index is 11.6. The summed E-state index contributed by atoms with van der Waals surface area (Å²) in [4.78, 5) is 93.4. The molecule has 0 aliphatic heterocycles. The van der Waals surface area contributed by atoms with Gasteiger partial charge in [-0.3, -0.25) is 28.8 Å². The third-order valence-electron chi connectivity index (χ3n) is 16.9. The Morgan fingerprint density at radius 3 is 0.860 bits per heavy atom. The van der Waals surface area contributed by atoms with Crippen molar-refractivity contribution in [2.24, 2.45) is 40.1 Å². The van der Waals surface area contributed by atoms with Gasteiger partial charge in [-0.25, -0.2) is 41.8 Å². The number of rotatable bonds is 18. The third-order valence-corrected chi connectivity index (χ3v) is 24.4. The second-order valence-corrected chi connectivity index (χ2v) is 34.7. The number of pyridine rings is 5. The summed E-state index contributed by atoms with van der Waals surface area (Å²) in [5, 5.41) is 12.2. The molecule has 15 rings (SSSR count). The number of carbonyl (C=O) groups excluding carboxylic acids is 6. The number of fused-ring (bicyclic) bond motifs is 5. The maximum Gasteiger partial charge on any atom is 0.251 e. The van der Waals surface area contributed by atoms with E-state index in [1.165, 1.54) is 93.9 Å². The fourth-order valence-corrected chi connectivity index (χ4v) is 18.3. The summed E-state index contributed by atoms with van der Waals surface area (Å²) in [7, 11) is -6.27. The number of carbonyl (C=O) groups is 6. The zero-order chi connectivity index (χ0) is 82.2. The largest absolute Gasteiger partial charge is 0.478 e. The second kappa shape index (κ2) is 34.5. The van der Waals surface area contributed by atoms with Crippen molar-refractivity contribution >= 4 is 191 Å². The molecule has 15 aromatic rings. The predicted octanol–water partition coefficient (Wildman–Crippen LogP) is 10.8. The monoisotopic (exact) mass is 1660 g/mol. The van der Waals surface area contributed by atoms with Crippen molar-refractivity contribution < 1.29 is 50.3 Å². The Labute approximate surface area is 669 Å². The second-order valence-electron chi connectivity index (χ2n) is 25.2. The molecule has 0 saturated carbocycles. The van der Waals surface area contributed by atoms with Crippen molar-refractivity contribution in [3.8, 4) is 64.0 Å². The van der Waals surface area contributed by atoms with Gasteiger partial charge in [0.25, 0.3) is 29.5 Å². The number of hydrogen-bond acceptors (Lipinski definition) is 28. The van der Waals surface area contributed by atoms with Crippen molar-refractivity contribution in [1.29, 1.82) is 5.26 Å². The standard InChI is InChI=1S/C16H12N4OS.C16H15N3O4S2.C16H15N3O3S2.C15H12N4O2S.C15H14N4OS/c17-6-5-9-1-3-10(4-2-9)13-7-11-14(22-13)12(16(19)21)8-20-15(11)18;1-25(21,22)8-23-10-4-2-9(3-5-10)13-6-11-14(24-13)12(16(18)20)7-19-15(11)17;1-24(21,22)8-9-2-4-10(5-3-9)13-6-11-14(23-13)12(16(18)20)7-19-15(11)17;16-13-9-5-11(7-1-3-8(4-2-7)14(17)20)22-12(9)10(6-19-13)15(18)21;16-6-8-1-3-9(4-2-8)12-5-10-13(21-12)11(15(18)20)7-19-14(10)17/h1-4,7-8H,5H2,(H2,18,20)(H2,19,21);2-7H,8H2,1H3,(H2,17,19)(H2,18,20);2-7H,8H2,1H3,(H2,17,19)(H2,18,20);1-6H,(H2,16,19)(H2,17,20)(H2,18,21);1-5,7H,6,16H2,(H2,17,19)(H2,18,20). The lowest BCUT2D eigenvalue weighted by Crippen LogP contribution is -2.11. The summed E-state index contributed by atoms with van der Waals surface area (Å²) in [5.74, 6) is -1.29. The molecule has 0 radical (unpaired) electrons. The molecule has 0 unspecified atom stereocenters. The van der Waals surface area contributed by atoms with Gasteiger partial charge in [0.2, 0.25) is 5.91 Å². The number of primary amides is 6. The number of amides is 6. The van der Waals surface area contributed by atoms with E-state index in [9.17, 15) is 45.6 Å². The zero-order valence-corrected chi connectivity index (χ0v) is 65.8. The van der Waals surface area contributed by atoms with Crippen LogP contribution in [0.1, 0.15) is 78.8 Å². The Morgan fingerprint density at radius 2 is 0.623 bits per heavy atom. The number of anilines is 5. The first-order chi connectivity index (χ1) is 54.1. The third kappa shape index (κ3) is 19.1. The summed E-state index contributed by atoms with van der Waals surface area (Å²) in [6, 6.07) is 48.3. The van der Waals surface area contributed by atoms with Gasteiger partial charge >= 0.3 is 0 Å². The molecule has 24 N–H and O–H groups in total. The number of nitriles is 1. The van der Waals surface area contributed by atoms with Crippen molar-refractivity contribution in [1.82, 2.24) is 24.9 Å². The fraction of sp³-hybridized carbons (Fsp3) is 0.0769. The molecule has 0 aliphatic rings. The molecule has 36 heteroatoms. The average Bonchev–Trinajstić information content (AvgIpc) is 1.66. The number of nitrogen functional groups attached to an aromatic ring is 5. The highest BCUT2D eigenvalue weighted by atomic mass is 32.2. The van der Waals surface area contributed by atoms with Gasteiger partial charge in [-0.1, -0.05) is 84.9 Å². The summed E-state index contributed by atoms with van der Waals surface area (Å²) in [5.41, 5.74) is 76.8. The van der Waals surface area contributed by atoms with Crippen molar-refractivity contribution in [2.45, 2.75) is 18.7 Å². The molecule has 29 nitrogen and oxygen atoms in total. The van der Waals surface area contributed by atoms with Gasteiger partial charge in [-0.15, -0.1) is 56.7 Å². The predicted molar refractivity (Wildman–Crippen MR) is 455 cm³/mol. The van der Waals surface area contributed by atoms with Crippen LogP contribution in [-0.2, 0) is 38.4 Å². The minimum atomic E-state index is -3.20. The first-order valence-electron chi connectivity index (χ1n) is 33.4. The Bertz CT molecular complexity index is 6560. The minimum Gasteiger partial charge on any atom is -0.478 e. The van der Waals surface area contributed by atoms with Crippen molar-refractivity contribution in [3.05, 3.63) is 233 Å². The van der Waals surface area contributed by atoms with Gasteiger partial charge in [0, 0.05) is 107 Å². The fourth-order valence-electron chi connectivity index (χ4n) is 11.2. The highest BCUT2D eigenvalue weighted by Crippen LogP contribution is 2.43. The van der Waals surface area contributed by atoms with E-state index in [2.05, 4.69) is 31.0 Å². The van der Waals surface area contributed by atoms with E-state index < -0.39 is 55.1 Å². The Hall–Kier alpha value is -13.4. The number of thiophene rings is 5. The van der Waals surface area contributed by atoms with Crippen LogP contribution in [0, 0.1) is 11.3 Å². The molecule has 10 heterocycles. The molecule has 0 saturated heterocycles. The van der Waals surface area contributed by atoms with Crippen LogP contribution in [-0.4, -0.2) is 95.6 Å². The molecule has 578 valence electrons. The van der Waals surface area contributed by atoms with E-state index in [0.29, 0.717) is 111 Å². The lowest BCUT2D eigenvalue weighted by molar-refractivity contribution is 0.0992. The zero-order valence-electron chi connectivity index (χ0n) is 60.1. The molecule has 0 aliphatic carbocycles. The van der Waals surface area contributed by atoms with Gasteiger partial charge < -0.3 is 73.5 Å². The summed E-state index contributed by atoms with van der Waals surface area (Å²) in [6.45, 7) is 0.509. The number of nitrogens with two attached hydrogens (primary N) is 12. The molecule has 10 aromatic heterocycles. The molecule has 6 amide bonds. The smallest absolute Gasteiger partial charge is 0.251 e. The lowest BCUT2D eigenvalue weighted by atomic mass is 10.1. The van der Waals surface area contributed by atoms with E-state index in [4.69, 9.17) is 78.8 Å². The first kappa shape index (κ1) is 81.6. The SMILES string of the molecule is CS(=O)(=O)COc1ccc(-c2cc3c(N)ncc(C(N)=O)c3s2)cc1.CS(=O)(=O)Cc1ccc(-c2cc3c(N)ncc(C(N)=O)c3s2)cc1.N#CCc1ccc(-c2cc3c(N)ncc(C(N)=O)c3s2)cc1.NC(=O)c1ccc(-c2cc3c(N)ncc(C(N)=O)c3s2)cc1.NCc1ccc(-c2cc3c(N)ncc(C(N)=O)c3s2)cc1. The van der Waals surface area contributed by atoms with Crippen LogP contribution < -0.4 is 73.5 Å². The Kier molecular flexibility index (Phi) is 24.7. The van der Waals surface area contributed by atoms with Gasteiger partial charge in [-0.2, -0.15) is 5.26 Å². The number of hydrogen-bond donors (Lipinski definition) is 12. The van der Waals surface area contributed by atoms with Crippen LogP contribution in [0.5, 0.6) is 5.75 Å². The van der Waals surface area contributed by atoms with Crippen LogP contribution in [0.25, 0.3) is 103 Å². The van der Waals surface area contributed by atoms with Crippen LogP contribution in [0.2, 0.25) is 0 Å². The topological polar surface area (TPSA) is 580 Å². The number of benzene rings is 5. The lowest BCUT2D eigenvalue weighted by Gasteiger charge is -2.05. The number of aromatic nitrogens is 5. The van der Waals surface area contributed by atoms with E-state index in [1.54, 1.807) is 60.7 Å². The van der Waals surface area contributed by atoms with Crippen LogP contribution in [0.4, 0.5) is 29.1 Å². The minimum absolute atomic E-state index is 0.00237. The van der Waals surface area contributed by atoms with Gasteiger partial charge in [0.1, 0.15) is 34.8 Å². The molecule has 114 heavy (non-hydrogen) atoms. The van der Waals surface area contributed by atoms with Crippen LogP contribution >= 0.6 is 56.7 Å². The summed E-state index contributed by atoms with van der Waals surface area (Å²) < 4.78 is 53.8. The molecule has 0 bridgehead atoms. The van der Waals surface area contributed by atoms with E-state index in [-0.39, 0.29) is 11.7 Å². The van der Waals surface area contributed by atoms with Gasteiger partial charge in [-0.05, 0) is 111 Å². The average molecular weight is 1660 g/mol. The number of sulfone groups is 2. The van der Waals surface area contributed by atoms with Crippen LogP contribution in [0.3, 0.4) is 0 Å². The van der Waals surface area contributed by atoms with E-state index in [1.807, 2.05) is 91.0 Å². The highest BCUT2D eigenvalue weighted by Gasteiger charge is 2.21. The quantitative estimate of drug-likeness (QED) is 0.0380. The Balaban J connectivity index is 0.000000141. The van der Waals surface area contributed by atoms with Crippen molar-refractivity contribution in [2.75, 3.05) is 47.1 Å². The molecule has 0 atom stereocenters. The number of ether oxygens (including phenoxy) is 1. The molecule has 0 spiro atoms. The van der Waals surface area contributed by atoms with Crippen LogP contribution in [0.15, 0.2) is 183 Å².